The van der Waals surface area contributed by atoms with Gasteiger partial charge in [0.25, 0.3) is 5.56 Å². The Morgan fingerprint density at radius 1 is 1.10 bits per heavy atom. The van der Waals surface area contributed by atoms with Gasteiger partial charge in [-0.3, -0.25) is 13.9 Å². The molecular weight excluding hydrogens is 414 g/mol. The lowest BCUT2D eigenvalue weighted by molar-refractivity contribution is 0.354. The van der Waals surface area contributed by atoms with E-state index in [1.54, 1.807) is 13.1 Å². The van der Waals surface area contributed by atoms with Gasteiger partial charge in [0.1, 0.15) is 0 Å². The maximum atomic E-state index is 13.6. The van der Waals surface area contributed by atoms with Crippen LogP contribution >= 0.6 is 11.6 Å². The predicted molar refractivity (Wildman–Crippen MR) is 123 cm³/mol. The molecule has 7 nitrogen and oxygen atoms in total. The van der Waals surface area contributed by atoms with E-state index in [9.17, 15) is 9.59 Å². The van der Waals surface area contributed by atoms with Gasteiger partial charge in [0.2, 0.25) is 5.95 Å². The summed E-state index contributed by atoms with van der Waals surface area (Å²) < 4.78 is 4.83. The van der Waals surface area contributed by atoms with Crippen LogP contribution in [0.2, 0.25) is 5.02 Å². The van der Waals surface area contributed by atoms with Crippen LogP contribution in [0.15, 0.2) is 33.9 Å². The molecular formula is C23H28ClN5O2. The Labute approximate surface area is 185 Å². The van der Waals surface area contributed by atoms with Crippen molar-refractivity contribution < 1.29 is 0 Å². The molecule has 0 amide bonds. The lowest BCUT2D eigenvalue weighted by atomic mass is 9.93. The number of anilines is 1. The van der Waals surface area contributed by atoms with E-state index in [-0.39, 0.29) is 17.8 Å². The Kier molecular flexibility index (Phi) is 5.16. The Hall–Kier alpha value is -2.54. The van der Waals surface area contributed by atoms with Crippen molar-refractivity contribution in [3.05, 3.63) is 55.7 Å². The van der Waals surface area contributed by atoms with E-state index in [4.69, 9.17) is 16.6 Å². The summed E-state index contributed by atoms with van der Waals surface area (Å²) in [6.45, 7) is 4.03. The second kappa shape index (κ2) is 7.86. The van der Waals surface area contributed by atoms with Gasteiger partial charge in [0.05, 0.1) is 6.54 Å². The minimum absolute atomic E-state index is 0.142. The van der Waals surface area contributed by atoms with Gasteiger partial charge in [-0.2, -0.15) is 4.98 Å². The van der Waals surface area contributed by atoms with Gasteiger partial charge in [0.15, 0.2) is 11.2 Å². The molecule has 0 saturated heterocycles. The van der Waals surface area contributed by atoms with E-state index in [0.29, 0.717) is 28.1 Å². The fourth-order valence-corrected chi connectivity index (χ4v) is 5.38. The molecule has 0 spiro atoms. The molecule has 8 heteroatoms. The van der Waals surface area contributed by atoms with Crippen molar-refractivity contribution in [2.75, 3.05) is 11.4 Å². The summed E-state index contributed by atoms with van der Waals surface area (Å²) in [5.74, 6) is 1.24. The van der Waals surface area contributed by atoms with E-state index < -0.39 is 0 Å². The summed E-state index contributed by atoms with van der Waals surface area (Å²) in [5, 5.41) is 0.545. The van der Waals surface area contributed by atoms with Crippen molar-refractivity contribution >= 4 is 28.7 Å². The van der Waals surface area contributed by atoms with Gasteiger partial charge in [0, 0.05) is 31.2 Å². The Balaban J connectivity index is 1.68. The normalized spacial score (nSPS) is 19.7. The average Bonchev–Trinajstić information content (AvgIpc) is 3.16. The van der Waals surface area contributed by atoms with Crippen LogP contribution < -0.4 is 16.1 Å². The molecule has 1 fully saturated rings. The van der Waals surface area contributed by atoms with E-state index >= 15 is 0 Å². The van der Waals surface area contributed by atoms with Crippen molar-refractivity contribution in [3.63, 3.8) is 0 Å². The van der Waals surface area contributed by atoms with Crippen molar-refractivity contribution in [3.8, 4) is 0 Å². The highest BCUT2D eigenvalue weighted by atomic mass is 35.5. The molecule has 3 heterocycles. The van der Waals surface area contributed by atoms with Crippen molar-refractivity contribution in [1.29, 1.82) is 0 Å². The molecule has 1 atom stereocenters. The SMILES string of the molecule is C[C@@H]1CN(C2CCCCC2)c2nc3c(c(=O)n(Cc4ccccc4Cl)c(=O)n3C)n2C1. The molecule has 0 unspecified atom stereocenters. The zero-order chi connectivity index (χ0) is 21.7. The Bertz CT molecular complexity index is 1250. The van der Waals surface area contributed by atoms with E-state index in [1.807, 2.05) is 22.8 Å². The number of fused-ring (bicyclic) bond motifs is 3. The van der Waals surface area contributed by atoms with Gasteiger partial charge in [-0.05, 0) is 30.4 Å². The van der Waals surface area contributed by atoms with Crippen LogP contribution in [0.3, 0.4) is 0 Å². The van der Waals surface area contributed by atoms with Crippen molar-refractivity contribution in [2.45, 2.75) is 58.2 Å². The lowest BCUT2D eigenvalue weighted by Crippen LogP contribution is -2.45. The topological polar surface area (TPSA) is 65.1 Å². The molecule has 3 aromatic rings. The molecule has 1 aliphatic heterocycles. The highest BCUT2D eigenvalue weighted by Crippen LogP contribution is 2.33. The summed E-state index contributed by atoms with van der Waals surface area (Å²) in [7, 11) is 1.70. The smallest absolute Gasteiger partial charge is 0.332 e. The highest BCUT2D eigenvalue weighted by molar-refractivity contribution is 6.31. The summed E-state index contributed by atoms with van der Waals surface area (Å²) in [6.07, 6.45) is 6.08. The molecule has 5 rings (SSSR count). The van der Waals surface area contributed by atoms with Crippen molar-refractivity contribution in [1.82, 2.24) is 18.7 Å². The number of aryl methyl sites for hydroxylation is 1. The predicted octanol–water partition coefficient (Wildman–Crippen LogP) is 3.39. The Morgan fingerprint density at radius 2 is 1.84 bits per heavy atom. The summed E-state index contributed by atoms with van der Waals surface area (Å²) in [5.41, 5.74) is 1.06. The van der Waals surface area contributed by atoms with Crippen LogP contribution in [0.1, 0.15) is 44.6 Å². The first-order chi connectivity index (χ1) is 15.0. The maximum Gasteiger partial charge on any atom is 0.332 e. The maximum absolute atomic E-state index is 13.6. The van der Waals surface area contributed by atoms with Gasteiger partial charge in [-0.1, -0.05) is 56.0 Å². The van der Waals surface area contributed by atoms with Crippen LogP contribution in [0.25, 0.3) is 11.2 Å². The molecule has 2 aliphatic rings. The fourth-order valence-electron chi connectivity index (χ4n) is 5.18. The van der Waals surface area contributed by atoms with Crippen LogP contribution in [0.5, 0.6) is 0 Å². The van der Waals surface area contributed by atoms with Crippen LogP contribution in [-0.4, -0.2) is 31.3 Å². The third kappa shape index (κ3) is 3.39. The van der Waals surface area contributed by atoms with Gasteiger partial charge >= 0.3 is 5.69 Å². The van der Waals surface area contributed by atoms with E-state index in [0.717, 1.165) is 37.4 Å². The monoisotopic (exact) mass is 441 g/mol. The quantitative estimate of drug-likeness (QED) is 0.625. The van der Waals surface area contributed by atoms with E-state index in [2.05, 4.69) is 11.8 Å². The fraction of sp³-hybridized carbons (Fsp3) is 0.522. The van der Waals surface area contributed by atoms with Gasteiger partial charge in [-0.15, -0.1) is 0 Å². The third-order valence-corrected chi connectivity index (χ3v) is 7.14. The highest BCUT2D eigenvalue weighted by Gasteiger charge is 2.33. The molecule has 1 saturated carbocycles. The molecule has 0 bridgehead atoms. The number of halogens is 1. The Morgan fingerprint density at radius 3 is 2.58 bits per heavy atom. The van der Waals surface area contributed by atoms with Gasteiger partial charge < -0.3 is 9.47 Å². The molecule has 1 aromatic carbocycles. The molecule has 0 N–H and O–H groups in total. The number of hydrogen-bond acceptors (Lipinski definition) is 4. The summed E-state index contributed by atoms with van der Waals surface area (Å²) in [4.78, 5) is 33.9. The molecule has 31 heavy (non-hydrogen) atoms. The number of imidazole rings is 1. The molecule has 164 valence electrons. The van der Waals surface area contributed by atoms with Gasteiger partial charge in [-0.25, -0.2) is 4.79 Å². The second-order valence-electron chi connectivity index (χ2n) is 9.07. The van der Waals surface area contributed by atoms with Crippen molar-refractivity contribution in [2.24, 2.45) is 13.0 Å². The number of aromatic nitrogens is 4. The standard InChI is InChI=1S/C23H28ClN5O2/c1-15-12-27(17-9-4-3-5-10-17)22-25-20-19(28(22)13-15)21(30)29(23(31)26(20)2)14-16-8-6-7-11-18(16)24/h6-8,11,15,17H,3-5,9-10,12-14H2,1-2H3/t15-/m1/s1. The minimum Gasteiger partial charge on any atom is -0.339 e. The van der Waals surface area contributed by atoms with Crippen LogP contribution in [0.4, 0.5) is 5.95 Å². The number of benzene rings is 1. The van der Waals surface area contributed by atoms with Crippen LogP contribution in [-0.2, 0) is 20.1 Å². The summed E-state index contributed by atoms with van der Waals surface area (Å²) in [6, 6.07) is 7.77. The van der Waals surface area contributed by atoms with Crippen LogP contribution in [0, 0.1) is 5.92 Å². The first-order valence-electron chi connectivity index (χ1n) is 11.2. The first-order valence-corrected chi connectivity index (χ1v) is 11.5. The number of hydrogen-bond donors (Lipinski definition) is 0. The number of rotatable bonds is 3. The molecule has 1 aliphatic carbocycles. The average molecular weight is 442 g/mol. The zero-order valence-corrected chi connectivity index (χ0v) is 18.8. The zero-order valence-electron chi connectivity index (χ0n) is 18.1. The second-order valence-corrected chi connectivity index (χ2v) is 9.48. The van der Waals surface area contributed by atoms with E-state index in [1.165, 1.54) is 28.4 Å². The largest absolute Gasteiger partial charge is 0.339 e. The number of nitrogens with zero attached hydrogens (tertiary/aromatic N) is 5. The molecule has 0 radical (unpaired) electrons. The first kappa shape index (κ1) is 20.4. The lowest BCUT2D eigenvalue weighted by Gasteiger charge is -2.40. The third-order valence-electron chi connectivity index (χ3n) is 6.77. The summed E-state index contributed by atoms with van der Waals surface area (Å²) >= 11 is 6.31. The minimum atomic E-state index is -0.370. The molecule has 2 aromatic heterocycles.